The van der Waals surface area contributed by atoms with Crippen LogP contribution in [0.3, 0.4) is 0 Å². The molecule has 0 radical (unpaired) electrons. The molecule has 0 unspecified atom stereocenters. The molecule has 0 aliphatic heterocycles. The van der Waals surface area contributed by atoms with Gasteiger partial charge in [0.1, 0.15) is 18.1 Å². The number of nitrogens with zero attached hydrogens (tertiary/aromatic N) is 1. The second-order valence-electron chi connectivity index (χ2n) is 7.75. The maximum atomic E-state index is 12.3. The highest BCUT2D eigenvalue weighted by Crippen LogP contribution is 2.30. The van der Waals surface area contributed by atoms with Crippen molar-refractivity contribution in [2.45, 2.75) is 25.9 Å². The summed E-state index contributed by atoms with van der Waals surface area (Å²) in [4.78, 5) is 12.3. The van der Waals surface area contributed by atoms with Crippen LogP contribution in [0.25, 0.3) is 11.1 Å². The Morgan fingerprint density at radius 3 is 2.28 bits per heavy atom. The van der Waals surface area contributed by atoms with E-state index in [4.69, 9.17) is 4.74 Å². The molecule has 160 valence electrons. The maximum absolute atomic E-state index is 12.3. The Hall–Kier alpha value is -3.92. The molecule has 0 fully saturated rings. The first-order valence-electron chi connectivity index (χ1n) is 10.7. The van der Waals surface area contributed by atoms with Crippen molar-refractivity contribution in [1.82, 2.24) is 0 Å². The fourth-order valence-corrected chi connectivity index (χ4v) is 3.61. The van der Waals surface area contributed by atoms with Crippen LogP contribution >= 0.6 is 0 Å². The van der Waals surface area contributed by atoms with Gasteiger partial charge in [-0.2, -0.15) is 4.73 Å². The number of aryl methyl sites for hydroxylation is 1. The minimum atomic E-state index is 0.159. The van der Waals surface area contributed by atoms with Crippen molar-refractivity contribution in [1.29, 1.82) is 0 Å². The molecule has 0 amide bonds. The second kappa shape index (κ2) is 10.4. The van der Waals surface area contributed by atoms with Gasteiger partial charge in [0, 0.05) is 30.0 Å². The summed E-state index contributed by atoms with van der Waals surface area (Å²) >= 11 is 0. The average molecular weight is 424 g/mol. The zero-order chi connectivity index (χ0) is 22.2. The normalized spacial score (nSPS) is 10.6. The molecule has 32 heavy (non-hydrogen) atoms. The van der Waals surface area contributed by atoms with Crippen molar-refractivity contribution < 1.29 is 14.3 Å². The highest BCUT2D eigenvalue weighted by Gasteiger charge is 2.08. The number of Topliss-reactive ketones (excluding diaryl/α,β-unsaturated/α-hetero) is 1. The summed E-state index contributed by atoms with van der Waals surface area (Å²) in [5, 5.41) is 11.3. The first-order valence-corrected chi connectivity index (χ1v) is 10.7. The van der Waals surface area contributed by atoms with E-state index in [9.17, 15) is 10.0 Å². The van der Waals surface area contributed by atoms with Crippen molar-refractivity contribution in [2.75, 3.05) is 0 Å². The van der Waals surface area contributed by atoms with E-state index in [0.717, 1.165) is 38.3 Å². The molecule has 4 rings (SSSR count). The zero-order valence-electron chi connectivity index (χ0n) is 17.8. The molecule has 0 saturated heterocycles. The Balaban J connectivity index is 1.31. The van der Waals surface area contributed by atoms with Gasteiger partial charge in [0.2, 0.25) is 0 Å². The summed E-state index contributed by atoms with van der Waals surface area (Å²) in [7, 11) is 0. The number of carbonyl (C=O) groups excluding carboxylic acids is 1. The third kappa shape index (κ3) is 5.82. The second-order valence-corrected chi connectivity index (χ2v) is 7.75. The minimum absolute atomic E-state index is 0.159. The van der Waals surface area contributed by atoms with E-state index >= 15 is 0 Å². The number of ether oxygens (including phenoxy) is 1. The smallest absolute Gasteiger partial charge is 0.183 e. The quantitative estimate of drug-likeness (QED) is 0.271. The molecule has 0 aliphatic rings. The van der Waals surface area contributed by atoms with Gasteiger partial charge in [-0.15, -0.1) is 0 Å². The summed E-state index contributed by atoms with van der Waals surface area (Å²) in [5.41, 5.74) is 5.09. The Kier molecular flexibility index (Phi) is 6.93. The molecule has 0 saturated carbocycles. The number of carbonyl (C=O) groups is 1. The van der Waals surface area contributed by atoms with Crippen molar-refractivity contribution in [3.05, 3.63) is 125 Å². The number of pyridine rings is 1. The largest absolute Gasteiger partial charge is 0.619 e. The molecule has 0 N–H and O–H groups in total. The highest BCUT2D eigenvalue weighted by atomic mass is 16.5. The molecular formula is C28H25NO3. The van der Waals surface area contributed by atoms with E-state index in [2.05, 4.69) is 18.2 Å². The minimum Gasteiger partial charge on any atom is -0.619 e. The Morgan fingerprint density at radius 1 is 0.781 bits per heavy atom. The van der Waals surface area contributed by atoms with Gasteiger partial charge in [0.05, 0.1) is 0 Å². The maximum Gasteiger partial charge on any atom is 0.183 e. The summed E-state index contributed by atoms with van der Waals surface area (Å²) in [6.07, 6.45) is 4.34. The molecule has 4 nitrogen and oxygen atoms in total. The molecule has 1 aromatic heterocycles. The first kappa shape index (κ1) is 21.3. The number of rotatable bonds is 9. The Labute approximate surface area is 188 Å². The van der Waals surface area contributed by atoms with Crippen LogP contribution in [0, 0.1) is 5.21 Å². The molecule has 1 heterocycles. The standard InChI is InChI=1S/C28H25NO3/c30-26(17-16-23-7-6-18-29(31)20-23)19-22-12-14-24(15-13-22)21-32-28-11-5-4-10-27(28)25-8-2-1-3-9-25/h1-15,18,20H,16-17,19,21H2. The van der Waals surface area contributed by atoms with E-state index in [1.165, 1.54) is 12.4 Å². The lowest BCUT2D eigenvalue weighted by Crippen LogP contribution is -2.24. The average Bonchev–Trinajstić information content (AvgIpc) is 2.83. The van der Waals surface area contributed by atoms with Crippen LogP contribution in [-0.4, -0.2) is 5.78 Å². The van der Waals surface area contributed by atoms with Crippen molar-refractivity contribution >= 4 is 5.78 Å². The van der Waals surface area contributed by atoms with Crippen LogP contribution < -0.4 is 9.47 Å². The third-order valence-corrected chi connectivity index (χ3v) is 5.32. The van der Waals surface area contributed by atoms with E-state index in [1.807, 2.05) is 66.7 Å². The highest BCUT2D eigenvalue weighted by molar-refractivity contribution is 5.81. The van der Waals surface area contributed by atoms with E-state index < -0.39 is 0 Å². The van der Waals surface area contributed by atoms with Gasteiger partial charge in [-0.3, -0.25) is 4.79 Å². The van der Waals surface area contributed by atoms with Crippen LogP contribution in [0.15, 0.2) is 103 Å². The number of aromatic nitrogens is 1. The summed E-state index contributed by atoms with van der Waals surface area (Å²) in [6, 6.07) is 29.8. The van der Waals surface area contributed by atoms with Gasteiger partial charge < -0.3 is 9.94 Å². The molecular weight excluding hydrogens is 398 g/mol. The number of para-hydroxylation sites is 1. The summed E-state index contributed by atoms with van der Waals surface area (Å²) < 4.78 is 6.86. The summed E-state index contributed by atoms with van der Waals surface area (Å²) in [6.45, 7) is 0.460. The van der Waals surface area contributed by atoms with Crippen molar-refractivity contribution in [3.63, 3.8) is 0 Å². The van der Waals surface area contributed by atoms with Gasteiger partial charge in [-0.1, -0.05) is 72.8 Å². The molecule has 4 heteroatoms. The fraction of sp³-hybridized carbons (Fsp3) is 0.143. The number of ketones is 1. The lowest BCUT2D eigenvalue weighted by molar-refractivity contribution is -0.605. The van der Waals surface area contributed by atoms with E-state index in [-0.39, 0.29) is 5.78 Å². The van der Waals surface area contributed by atoms with Gasteiger partial charge in [-0.25, -0.2) is 0 Å². The molecule has 4 aromatic rings. The summed E-state index contributed by atoms with van der Waals surface area (Å²) in [5.74, 6) is 1.00. The van der Waals surface area contributed by atoms with Crippen molar-refractivity contribution in [3.8, 4) is 16.9 Å². The predicted octanol–water partition coefficient (Wildman–Crippen LogP) is 5.31. The zero-order valence-corrected chi connectivity index (χ0v) is 17.8. The number of hydrogen-bond acceptors (Lipinski definition) is 3. The molecule has 3 aromatic carbocycles. The fourth-order valence-electron chi connectivity index (χ4n) is 3.61. The molecule has 0 aliphatic carbocycles. The van der Waals surface area contributed by atoms with Gasteiger partial charge in [0.25, 0.3) is 0 Å². The molecule has 0 atom stereocenters. The van der Waals surface area contributed by atoms with Crippen LogP contribution in [0.1, 0.15) is 23.1 Å². The third-order valence-electron chi connectivity index (χ3n) is 5.32. The Morgan fingerprint density at radius 2 is 1.50 bits per heavy atom. The lowest BCUT2D eigenvalue weighted by atomic mass is 10.0. The number of benzene rings is 3. The first-order chi connectivity index (χ1) is 15.7. The van der Waals surface area contributed by atoms with Gasteiger partial charge in [0.15, 0.2) is 12.4 Å². The van der Waals surface area contributed by atoms with Crippen LogP contribution in [0.2, 0.25) is 0 Å². The lowest BCUT2D eigenvalue weighted by Gasteiger charge is -2.12. The predicted molar refractivity (Wildman–Crippen MR) is 125 cm³/mol. The van der Waals surface area contributed by atoms with E-state index in [1.54, 1.807) is 6.07 Å². The van der Waals surface area contributed by atoms with Gasteiger partial charge in [-0.05, 0) is 35.2 Å². The monoisotopic (exact) mass is 423 g/mol. The number of hydrogen-bond donors (Lipinski definition) is 0. The van der Waals surface area contributed by atoms with Crippen LogP contribution in [-0.2, 0) is 24.2 Å². The van der Waals surface area contributed by atoms with E-state index in [0.29, 0.717) is 25.9 Å². The topological polar surface area (TPSA) is 53.2 Å². The Bertz CT molecular complexity index is 1170. The van der Waals surface area contributed by atoms with Crippen molar-refractivity contribution in [2.24, 2.45) is 0 Å². The molecule has 0 bridgehead atoms. The van der Waals surface area contributed by atoms with Gasteiger partial charge >= 0.3 is 0 Å². The van der Waals surface area contributed by atoms with Crippen LogP contribution in [0.5, 0.6) is 5.75 Å². The van der Waals surface area contributed by atoms with Crippen LogP contribution in [0.4, 0.5) is 0 Å². The SMILES string of the molecule is O=C(CCc1ccc[n+]([O-])c1)Cc1ccc(COc2ccccc2-c2ccccc2)cc1. The molecule has 0 spiro atoms.